The van der Waals surface area contributed by atoms with Crippen molar-refractivity contribution in [3.8, 4) is 0 Å². The van der Waals surface area contributed by atoms with Gasteiger partial charge < -0.3 is 19.4 Å². The Balaban J connectivity index is 2.61. The van der Waals surface area contributed by atoms with Crippen LogP contribution in [0.15, 0.2) is 18.3 Å². The Hall–Kier alpha value is -2.41. The van der Waals surface area contributed by atoms with E-state index in [4.69, 9.17) is 14.9 Å². The van der Waals surface area contributed by atoms with Crippen molar-refractivity contribution in [3.05, 3.63) is 35.4 Å². The molecule has 0 spiro atoms. The van der Waals surface area contributed by atoms with Crippen LogP contribution in [0.2, 0.25) is 0 Å². The summed E-state index contributed by atoms with van der Waals surface area (Å²) >= 11 is 0. The lowest BCUT2D eigenvalue weighted by Crippen LogP contribution is -2.02. The van der Waals surface area contributed by atoms with Crippen LogP contribution in [0.3, 0.4) is 0 Å². The number of carboxylic acids is 2. The molecule has 7 nitrogen and oxygen atoms in total. The summed E-state index contributed by atoms with van der Waals surface area (Å²) in [5.74, 6) is -1.78. The van der Waals surface area contributed by atoms with Gasteiger partial charge >= 0.3 is 11.9 Å². The van der Waals surface area contributed by atoms with Gasteiger partial charge in [0.2, 0.25) is 0 Å². The van der Waals surface area contributed by atoms with E-state index in [1.54, 1.807) is 4.40 Å². The Morgan fingerprint density at radius 3 is 2.68 bits per heavy atom. The Bertz CT molecular complexity index is 647. The second-order valence-corrected chi connectivity index (χ2v) is 3.90. The Kier molecular flexibility index (Phi) is 3.48. The number of ether oxygens (including phenoxy) is 1. The van der Waals surface area contributed by atoms with Crippen molar-refractivity contribution >= 4 is 17.5 Å². The van der Waals surface area contributed by atoms with Crippen LogP contribution < -0.4 is 0 Å². The molecule has 0 saturated heterocycles. The van der Waals surface area contributed by atoms with Crippen molar-refractivity contribution in [2.24, 2.45) is 0 Å². The quantitative estimate of drug-likeness (QED) is 0.832. The van der Waals surface area contributed by atoms with E-state index >= 15 is 0 Å². The van der Waals surface area contributed by atoms with E-state index in [0.29, 0.717) is 18.9 Å². The number of carbonyl (C=O) groups is 2. The van der Waals surface area contributed by atoms with E-state index in [1.807, 2.05) is 0 Å². The van der Waals surface area contributed by atoms with Crippen LogP contribution in [0.5, 0.6) is 0 Å². The number of aromatic nitrogens is 2. The molecule has 19 heavy (non-hydrogen) atoms. The number of methoxy groups -OCH3 is 1. The van der Waals surface area contributed by atoms with Crippen molar-refractivity contribution in [3.63, 3.8) is 0 Å². The third-order valence-electron chi connectivity index (χ3n) is 2.70. The summed E-state index contributed by atoms with van der Waals surface area (Å²) < 4.78 is 6.50. The fourth-order valence-electron chi connectivity index (χ4n) is 1.81. The first-order valence-corrected chi connectivity index (χ1v) is 5.51. The minimum atomic E-state index is -1.19. The second kappa shape index (κ2) is 5.07. The lowest BCUT2D eigenvalue weighted by Gasteiger charge is -2.01. The summed E-state index contributed by atoms with van der Waals surface area (Å²) in [6, 6.07) is 2.70. The number of imidazole rings is 1. The highest BCUT2D eigenvalue weighted by Gasteiger charge is 2.18. The number of fused-ring (bicyclic) bond motifs is 1. The monoisotopic (exact) mass is 264 g/mol. The fraction of sp³-hybridized carbons (Fsp3) is 0.250. The van der Waals surface area contributed by atoms with Gasteiger partial charge in [-0.1, -0.05) is 0 Å². The van der Waals surface area contributed by atoms with Gasteiger partial charge in [-0.3, -0.25) is 0 Å². The molecular formula is C12H12N2O5. The molecule has 0 bridgehead atoms. The molecule has 7 heteroatoms. The number of aromatic carboxylic acids is 2. The summed E-state index contributed by atoms with van der Waals surface area (Å²) in [6.07, 6.45) is 1.95. The molecule has 100 valence electrons. The average molecular weight is 264 g/mol. The van der Waals surface area contributed by atoms with Crippen molar-refractivity contribution < 1.29 is 24.5 Å². The summed E-state index contributed by atoms with van der Waals surface area (Å²) in [7, 11) is 1.54. The Labute approximate surface area is 108 Å². The number of pyridine rings is 1. The normalized spacial score (nSPS) is 10.8. The van der Waals surface area contributed by atoms with E-state index in [0.717, 1.165) is 0 Å². The first kappa shape index (κ1) is 13.0. The van der Waals surface area contributed by atoms with Crippen LogP contribution in [0.1, 0.15) is 26.7 Å². The smallest absolute Gasteiger partial charge is 0.356 e. The van der Waals surface area contributed by atoms with Crippen molar-refractivity contribution in [1.29, 1.82) is 0 Å². The zero-order valence-corrected chi connectivity index (χ0v) is 10.2. The van der Waals surface area contributed by atoms with Gasteiger partial charge in [-0.05, 0) is 12.1 Å². The highest BCUT2D eigenvalue weighted by atomic mass is 16.5. The maximum absolute atomic E-state index is 11.1. The highest BCUT2D eigenvalue weighted by molar-refractivity contribution is 5.96. The lowest BCUT2D eigenvalue weighted by atomic mass is 10.2. The Morgan fingerprint density at radius 1 is 1.37 bits per heavy atom. The van der Waals surface area contributed by atoms with Gasteiger partial charge in [0.25, 0.3) is 0 Å². The van der Waals surface area contributed by atoms with Crippen LogP contribution in [-0.4, -0.2) is 45.3 Å². The molecule has 0 unspecified atom stereocenters. The van der Waals surface area contributed by atoms with E-state index in [1.165, 1.54) is 25.4 Å². The molecule has 0 radical (unpaired) electrons. The van der Waals surface area contributed by atoms with E-state index < -0.39 is 11.9 Å². The first-order valence-electron chi connectivity index (χ1n) is 5.51. The van der Waals surface area contributed by atoms with E-state index in [-0.39, 0.29) is 16.8 Å². The van der Waals surface area contributed by atoms with E-state index in [9.17, 15) is 9.59 Å². The summed E-state index contributed by atoms with van der Waals surface area (Å²) in [6.45, 7) is 0.402. The number of hydrogen-bond acceptors (Lipinski definition) is 4. The largest absolute Gasteiger partial charge is 0.478 e. The zero-order valence-electron chi connectivity index (χ0n) is 10.2. The molecule has 0 aliphatic heterocycles. The minimum absolute atomic E-state index is 0.0215. The molecule has 0 aliphatic rings. The molecule has 0 amide bonds. The van der Waals surface area contributed by atoms with Crippen molar-refractivity contribution in [2.45, 2.75) is 6.42 Å². The van der Waals surface area contributed by atoms with Crippen LogP contribution in [0.4, 0.5) is 0 Å². The zero-order chi connectivity index (χ0) is 14.0. The standard InChI is InChI=1S/C12H12N2O5/c1-19-5-3-9-13-10(12(17)18)8-6-7(11(15)16)2-4-14(8)9/h2,4,6H,3,5H2,1H3,(H,15,16)(H,17,18). The van der Waals surface area contributed by atoms with Gasteiger partial charge in [-0.2, -0.15) is 0 Å². The fourth-order valence-corrected chi connectivity index (χ4v) is 1.81. The molecular weight excluding hydrogens is 252 g/mol. The SMILES string of the molecule is COCCc1nc(C(=O)O)c2cc(C(=O)O)ccn12. The molecule has 0 aromatic carbocycles. The molecule has 2 heterocycles. The number of carboxylic acid groups (broad SMARTS) is 2. The summed E-state index contributed by atoms with van der Waals surface area (Å²) in [5, 5.41) is 18.0. The van der Waals surface area contributed by atoms with Gasteiger partial charge in [0, 0.05) is 19.7 Å². The third-order valence-corrected chi connectivity index (χ3v) is 2.70. The number of rotatable bonds is 5. The van der Waals surface area contributed by atoms with Crippen LogP contribution in [0, 0.1) is 0 Å². The predicted octanol–water partition coefficient (Wildman–Crippen LogP) is 0.920. The van der Waals surface area contributed by atoms with Gasteiger partial charge in [0.1, 0.15) is 5.82 Å². The molecule has 0 saturated carbocycles. The van der Waals surface area contributed by atoms with Gasteiger partial charge in [0.05, 0.1) is 17.7 Å². The molecule has 0 atom stereocenters. The first-order chi connectivity index (χ1) is 9.04. The third kappa shape index (κ3) is 2.41. The van der Waals surface area contributed by atoms with Crippen molar-refractivity contribution in [1.82, 2.24) is 9.38 Å². The van der Waals surface area contributed by atoms with Crippen molar-refractivity contribution in [2.75, 3.05) is 13.7 Å². The molecule has 2 N–H and O–H groups in total. The topological polar surface area (TPSA) is 101 Å². The van der Waals surface area contributed by atoms with Gasteiger partial charge in [-0.25, -0.2) is 14.6 Å². The number of nitrogens with zero attached hydrogens (tertiary/aromatic N) is 2. The highest BCUT2D eigenvalue weighted by Crippen LogP contribution is 2.16. The molecule has 2 aromatic rings. The van der Waals surface area contributed by atoms with Crippen LogP contribution >= 0.6 is 0 Å². The molecule has 2 aromatic heterocycles. The Morgan fingerprint density at radius 2 is 2.11 bits per heavy atom. The predicted molar refractivity (Wildman–Crippen MR) is 64.7 cm³/mol. The summed E-state index contributed by atoms with van der Waals surface area (Å²) in [5.41, 5.74) is 0.126. The molecule has 0 aliphatic carbocycles. The van der Waals surface area contributed by atoms with Crippen LogP contribution in [-0.2, 0) is 11.2 Å². The lowest BCUT2D eigenvalue weighted by molar-refractivity contribution is 0.0682. The average Bonchev–Trinajstić information content (AvgIpc) is 2.74. The number of hydrogen-bond donors (Lipinski definition) is 2. The van der Waals surface area contributed by atoms with Gasteiger partial charge in [0.15, 0.2) is 5.69 Å². The maximum Gasteiger partial charge on any atom is 0.356 e. The van der Waals surface area contributed by atoms with E-state index in [2.05, 4.69) is 4.98 Å². The molecule has 2 rings (SSSR count). The van der Waals surface area contributed by atoms with Gasteiger partial charge in [-0.15, -0.1) is 0 Å². The minimum Gasteiger partial charge on any atom is -0.478 e. The molecule has 0 fully saturated rings. The summed E-state index contributed by atoms with van der Waals surface area (Å²) in [4.78, 5) is 26.1. The van der Waals surface area contributed by atoms with Crippen LogP contribution in [0.25, 0.3) is 5.52 Å². The maximum atomic E-state index is 11.1. The second-order valence-electron chi connectivity index (χ2n) is 3.90.